The van der Waals surface area contributed by atoms with Gasteiger partial charge in [0.1, 0.15) is 35.1 Å². The molecule has 0 saturated carbocycles. The number of aromatic nitrogens is 3. The van der Waals surface area contributed by atoms with E-state index in [1.165, 1.54) is 36.9 Å². The number of carbonyl (C=O) groups excluding carboxylic acids is 5. The van der Waals surface area contributed by atoms with Crippen LogP contribution in [0, 0.1) is 17.5 Å². The fourth-order valence-corrected chi connectivity index (χ4v) is 7.88. The van der Waals surface area contributed by atoms with E-state index in [-0.39, 0.29) is 43.7 Å². The monoisotopic (exact) mass is 903 g/mol. The Balaban J connectivity index is 1.79. The first kappa shape index (κ1) is 47.1. The molecule has 1 N–H and O–H groups in total. The number of aliphatic hydroxyl groups is 1. The predicted octanol–water partition coefficient (Wildman–Crippen LogP) is 4.75. The van der Waals surface area contributed by atoms with Gasteiger partial charge in [0.15, 0.2) is 35.3 Å². The molecular formula is C35H43Cl3F3N5O11S. The summed E-state index contributed by atoms with van der Waals surface area (Å²) in [6.07, 6.45) is -4.35. The van der Waals surface area contributed by atoms with E-state index in [1.807, 2.05) is 0 Å². The van der Waals surface area contributed by atoms with E-state index in [0.717, 1.165) is 37.2 Å². The maximum atomic E-state index is 14.2. The summed E-state index contributed by atoms with van der Waals surface area (Å²) in [5.41, 5.74) is -5.22. The van der Waals surface area contributed by atoms with Crippen LogP contribution in [0.2, 0.25) is 0 Å². The van der Waals surface area contributed by atoms with Gasteiger partial charge in [-0.2, -0.15) is 0 Å². The van der Waals surface area contributed by atoms with Gasteiger partial charge in [-0.1, -0.05) is 40.0 Å². The second kappa shape index (κ2) is 18.8. The Labute approximate surface area is 350 Å². The summed E-state index contributed by atoms with van der Waals surface area (Å²) in [5.74, 6) is -7.78. The lowest BCUT2D eigenvalue weighted by atomic mass is 9.87. The van der Waals surface area contributed by atoms with Crippen LogP contribution in [0.25, 0.3) is 11.3 Å². The molecule has 322 valence electrons. The molecule has 2 aliphatic heterocycles. The highest BCUT2D eigenvalue weighted by Gasteiger charge is 2.56. The molecule has 2 amide bonds. The predicted molar refractivity (Wildman–Crippen MR) is 202 cm³/mol. The lowest BCUT2D eigenvalue weighted by Gasteiger charge is -2.48. The number of benzene rings is 1. The zero-order chi connectivity index (χ0) is 43.5. The number of piperidine rings is 1. The van der Waals surface area contributed by atoms with Crippen molar-refractivity contribution in [3.8, 4) is 11.3 Å². The third kappa shape index (κ3) is 11.0. The number of thioether (sulfide) groups is 1. The van der Waals surface area contributed by atoms with Gasteiger partial charge in [0.25, 0.3) is 0 Å². The first-order valence-electron chi connectivity index (χ1n) is 17.8. The summed E-state index contributed by atoms with van der Waals surface area (Å²) in [4.78, 5) is 67.2. The summed E-state index contributed by atoms with van der Waals surface area (Å²) in [6, 6.07) is -0.0389. The summed E-state index contributed by atoms with van der Waals surface area (Å²) in [7, 11) is 1.50. The van der Waals surface area contributed by atoms with Gasteiger partial charge in [-0.3, -0.25) is 19.2 Å². The molecule has 16 nitrogen and oxygen atoms in total. The highest BCUT2D eigenvalue weighted by Crippen LogP contribution is 2.45. The molecule has 1 unspecified atom stereocenters. The smallest absolute Gasteiger partial charge is 0.410 e. The van der Waals surface area contributed by atoms with Crippen LogP contribution in [0.5, 0.6) is 0 Å². The molecule has 1 aromatic heterocycles. The molecule has 2 fully saturated rings. The molecule has 4 rings (SSSR count). The first-order chi connectivity index (χ1) is 26.9. The largest absolute Gasteiger partial charge is 0.463 e. The van der Waals surface area contributed by atoms with Crippen molar-refractivity contribution >= 4 is 76.5 Å². The average molecular weight is 905 g/mol. The molecule has 23 heteroatoms. The Morgan fingerprint density at radius 2 is 1.59 bits per heavy atom. The Morgan fingerprint density at radius 1 is 1.02 bits per heavy atom. The highest BCUT2D eigenvalue weighted by atomic mass is 35.6. The second-order valence-corrected chi connectivity index (χ2v) is 17.6. The zero-order valence-corrected chi connectivity index (χ0v) is 35.5. The lowest BCUT2D eigenvalue weighted by Crippen LogP contribution is -2.61. The molecular weight excluding hydrogens is 862 g/mol. The Bertz CT molecular complexity index is 1840. The molecule has 0 radical (unpaired) electrons. The average Bonchev–Trinajstić information content (AvgIpc) is 3.61. The van der Waals surface area contributed by atoms with Crippen LogP contribution in [0.3, 0.4) is 0 Å². The summed E-state index contributed by atoms with van der Waals surface area (Å²) < 4.78 is 69.9. The van der Waals surface area contributed by atoms with Crippen molar-refractivity contribution in [2.24, 2.45) is 0 Å². The van der Waals surface area contributed by atoms with Gasteiger partial charge >= 0.3 is 24.0 Å². The van der Waals surface area contributed by atoms with Crippen LogP contribution in [-0.2, 0) is 42.9 Å². The molecule has 0 aliphatic carbocycles. The molecule has 58 heavy (non-hydrogen) atoms. The van der Waals surface area contributed by atoms with Crippen LogP contribution in [0.4, 0.5) is 18.0 Å². The Kier molecular flexibility index (Phi) is 15.3. The number of likely N-dealkylation sites (tertiary alicyclic amines) is 1. The quantitative estimate of drug-likeness (QED) is 0.133. The van der Waals surface area contributed by atoms with Crippen molar-refractivity contribution in [3.63, 3.8) is 0 Å². The normalized spacial score (nSPS) is 22.7. The Hall–Kier alpha value is -3.56. The van der Waals surface area contributed by atoms with E-state index in [2.05, 4.69) is 10.3 Å². The van der Waals surface area contributed by atoms with Crippen molar-refractivity contribution < 1.29 is 65.9 Å². The molecule has 2 aliphatic rings. The lowest BCUT2D eigenvalue weighted by molar-refractivity contribution is -0.212. The van der Waals surface area contributed by atoms with Gasteiger partial charge in [-0.15, -0.1) is 16.9 Å². The fraction of sp³-hybridized carbons (Fsp3) is 0.629. The highest BCUT2D eigenvalue weighted by molar-refractivity contribution is 8.01. The number of halogens is 6. The topological polar surface area (TPSA) is 189 Å². The number of alkyl halides is 3. The Morgan fingerprint density at radius 3 is 2.10 bits per heavy atom. The van der Waals surface area contributed by atoms with Crippen LogP contribution < -0.4 is 0 Å². The molecule has 1 aromatic carbocycles. The fourth-order valence-electron chi connectivity index (χ4n) is 6.14. The number of ether oxygens (including phenoxy) is 5. The molecule has 0 bridgehead atoms. The van der Waals surface area contributed by atoms with Crippen molar-refractivity contribution in [1.29, 1.82) is 0 Å². The minimum absolute atomic E-state index is 0.108. The maximum Gasteiger partial charge on any atom is 0.410 e. The molecule has 6 atom stereocenters. The molecule has 0 spiro atoms. The first-order valence-corrected chi connectivity index (χ1v) is 19.8. The number of rotatable bonds is 12. The number of nitrogens with zero attached hydrogens (tertiary/aromatic N) is 5. The van der Waals surface area contributed by atoms with Crippen LogP contribution in [0.15, 0.2) is 18.3 Å². The van der Waals surface area contributed by atoms with Crippen molar-refractivity contribution in [3.05, 3.63) is 35.8 Å². The number of esters is 3. The molecule has 2 saturated heterocycles. The summed E-state index contributed by atoms with van der Waals surface area (Å²) in [5, 5.41) is 18.9. The summed E-state index contributed by atoms with van der Waals surface area (Å²) >= 11 is 18.7. The minimum atomic E-state index is -1.97. The van der Waals surface area contributed by atoms with Gasteiger partial charge in [-0.05, 0) is 45.7 Å². The van der Waals surface area contributed by atoms with E-state index < -0.39 is 104 Å². The molecule has 2 aromatic rings. The third-order valence-corrected chi connectivity index (χ3v) is 12.4. The van der Waals surface area contributed by atoms with E-state index in [0.29, 0.717) is 12.1 Å². The van der Waals surface area contributed by atoms with Crippen LogP contribution in [0.1, 0.15) is 60.4 Å². The summed E-state index contributed by atoms with van der Waals surface area (Å²) in [6.45, 7) is 7.22. The van der Waals surface area contributed by atoms with E-state index in [1.54, 1.807) is 6.92 Å². The number of amides is 2. The molecule has 3 heterocycles. The van der Waals surface area contributed by atoms with Crippen LogP contribution >= 0.6 is 46.6 Å². The van der Waals surface area contributed by atoms with Gasteiger partial charge in [0.2, 0.25) is 9.70 Å². The van der Waals surface area contributed by atoms with Gasteiger partial charge < -0.3 is 38.6 Å². The van der Waals surface area contributed by atoms with Crippen molar-refractivity contribution in [2.75, 3.05) is 33.3 Å². The van der Waals surface area contributed by atoms with Crippen molar-refractivity contribution in [2.45, 2.75) is 104 Å². The minimum Gasteiger partial charge on any atom is -0.463 e. The number of carbonyl (C=O) groups is 5. The number of hydrogen-bond acceptors (Lipinski definition) is 14. The van der Waals surface area contributed by atoms with Crippen molar-refractivity contribution in [1.82, 2.24) is 24.8 Å². The van der Waals surface area contributed by atoms with E-state index in [4.69, 9.17) is 58.5 Å². The standard InChI is InChI=1S/C35H43Cl3F3N5O11S/c1-8-44(7)30(50)29(34(52)9-11-45(12-10-34)32(51)57-33(5,6)35(36,37)38)58-31-28(55-19(4)49)26(27(54-18(3)48)24(56-31)16-53-17(2)47)46-15-23(42-43-46)20-13-21(39)25(41)22(40)14-20/h13-15,24,26-29,31,52H,8-12,16H2,1-7H3/t24-,26+,27+,28-,29?,31+/m1/s1. The SMILES string of the molecule is CCN(C)C(=O)C(S[C@@H]1O[C@H](COC(C)=O)[C@H](OC(C)=O)[C@H](n2cc(-c3cc(F)c(F)c(F)c3)nn2)[C@H]1OC(C)=O)C1(O)CCN(C(=O)OC(C)(C)C(Cl)(Cl)Cl)CC1. The van der Waals surface area contributed by atoms with Gasteiger partial charge in [0.05, 0.1) is 11.8 Å². The second-order valence-electron chi connectivity index (χ2n) is 14.2. The van der Waals surface area contributed by atoms with Gasteiger partial charge in [-0.25, -0.2) is 22.6 Å². The zero-order valence-electron chi connectivity index (χ0n) is 32.4. The van der Waals surface area contributed by atoms with E-state index >= 15 is 0 Å². The van der Waals surface area contributed by atoms with Crippen LogP contribution in [-0.4, -0.2) is 137 Å². The number of hydrogen-bond donors (Lipinski definition) is 1. The third-order valence-electron chi connectivity index (χ3n) is 9.51. The van der Waals surface area contributed by atoms with E-state index in [9.17, 15) is 42.3 Å². The maximum absolute atomic E-state index is 14.2. The van der Waals surface area contributed by atoms with Gasteiger partial charge in [0, 0.05) is 53.0 Å².